The highest BCUT2D eigenvalue weighted by Gasteiger charge is 2.37. The van der Waals surface area contributed by atoms with E-state index in [-0.39, 0.29) is 30.5 Å². The fourth-order valence-electron chi connectivity index (χ4n) is 2.19. The number of rotatable bonds is 6. The third kappa shape index (κ3) is 4.18. The molecule has 2 atom stereocenters. The number of hydrogen-bond donors (Lipinski definition) is 1. The number of hydrogen-bond acceptors (Lipinski definition) is 5. The molecule has 1 N–H and O–H groups in total. The van der Waals surface area contributed by atoms with Crippen molar-refractivity contribution in [3.8, 4) is 0 Å². The minimum absolute atomic E-state index is 0.0116. The second-order valence-electron chi connectivity index (χ2n) is 4.94. The van der Waals surface area contributed by atoms with Crippen LogP contribution in [0.15, 0.2) is 0 Å². The number of carbonyl (C=O) groups excluding carboxylic acids is 2. The van der Waals surface area contributed by atoms with Gasteiger partial charge >= 0.3 is 5.97 Å². The summed E-state index contributed by atoms with van der Waals surface area (Å²) in [4.78, 5) is 25.5. The van der Waals surface area contributed by atoms with E-state index in [1.54, 1.807) is 4.90 Å². The topological polar surface area (TPSA) is 67.9 Å². The summed E-state index contributed by atoms with van der Waals surface area (Å²) in [7, 11) is 1.32. The van der Waals surface area contributed by atoms with Crippen molar-refractivity contribution < 1.29 is 19.1 Å². The van der Waals surface area contributed by atoms with Crippen molar-refractivity contribution in [1.82, 2.24) is 10.2 Å². The normalized spacial score (nSPS) is 22.6. The molecular weight excluding hydrogens is 248 g/mol. The molecule has 1 heterocycles. The molecule has 0 aromatic heterocycles. The predicted molar refractivity (Wildman–Crippen MR) is 70.6 cm³/mol. The largest absolute Gasteiger partial charge is 0.468 e. The first kappa shape index (κ1) is 15.9. The minimum Gasteiger partial charge on any atom is -0.468 e. The quantitative estimate of drug-likeness (QED) is 0.691. The van der Waals surface area contributed by atoms with Crippen LogP contribution < -0.4 is 5.32 Å². The Morgan fingerprint density at radius 3 is 2.63 bits per heavy atom. The number of amides is 1. The van der Waals surface area contributed by atoms with Crippen molar-refractivity contribution in [2.75, 3.05) is 33.4 Å². The molecule has 0 saturated carbocycles. The van der Waals surface area contributed by atoms with Gasteiger partial charge in [-0.1, -0.05) is 6.92 Å². The van der Waals surface area contributed by atoms with Crippen LogP contribution >= 0.6 is 0 Å². The molecule has 1 saturated heterocycles. The summed E-state index contributed by atoms with van der Waals surface area (Å²) < 4.78 is 10.0. The first-order valence-corrected chi connectivity index (χ1v) is 6.69. The number of nitrogens with zero attached hydrogens (tertiary/aromatic N) is 1. The van der Waals surface area contributed by atoms with Crippen LogP contribution in [0.2, 0.25) is 0 Å². The molecule has 2 unspecified atom stereocenters. The average Bonchev–Trinajstić information content (AvgIpc) is 2.83. The molecule has 1 aliphatic heterocycles. The maximum Gasteiger partial charge on any atom is 0.325 e. The van der Waals surface area contributed by atoms with Crippen LogP contribution in [0.25, 0.3) is 0 Å². The lowest BCUT2D eigenvalue weighted by Crippen LogP contribution is -2.49. The van der Waals surface area contributed by atoms with Gasteiger partial charge in [0.25, 0.3) is 0 Å². The molecule has 0 spiro atoms. The minimum atomic E-state index is -0.402. The van der Waals surface area contributed by atoms with Gasteiger partial charge in [-0.3, -0.25) is 9.59 Å². The molecule has 6 nitrogen and oxygen atoms in total. The lowest BCUT2D eigenvalue weighted by Gasteiger charge is -2.29. The molecule has 0 aromatic carbocycles. The van der Waals surface area contributed by atoms with Gasteiger partial charge in [-0.25, -0.2) is 0 Å². The summed E-state index contributed by atoms with van der Waals surface area (Å²) in [6.07, 6.45) is 0. The molecule has 0 bridgehead atoms. The molecule has 1 rings (SSSR count). The smallest absolute Gasteiger partial charge is 0.325 e. The van der Waals surface area contributed by atoms with Gasteiger partial charge in [0.1, 0.15) is 6.54 Å². The lowest BCUT2D eigenvalue weighted by atomic mass is 10.0. The van der Waals surface area contributed by atoms with E-state index in [1.807, 2.05) is 20.8 Å². The highest BCUT2D eigenvalue weighted by Crippen LogP contribution is 2.18. The molecule has 1 amide bonds. The fourth-order valence-corrected chi connectivity index (χ4v) is 2.19. The van der Waals surface area contributed by atoms with Gasteiger partial charge in [0.05, 0.1) is 26.2 Å². The summed E-state index contributed by atoms with van der Waals surface area (Å²) in [5.74, 6) is -0.683. The maximum atomic E-state index is 12.5. The SMILES string of the molecule is CCNC1COCC1C(=O)N(CC(=O)OC)C(C)C. The number of esters is 1. The first-order chi connectivity index (χ1) is 9.01. The van der Waals surface area contributed by atoms with Crippen LogP contribution in [0.4, 0.5) is 0 Å². The van der Waals surface area contributed by atoms with Gasteiger partial charge in [-0.15, -0.1) is 0 Å². The lowest BCUT2D eigenvalue weighted by molar-refractivity contribution is -0.150. The Morgan fingerprint density at radius 1 is 1.42 bits per heavy atom. The van der Waals surface area contributed by atoms with Crippen LogP contribution in [-0.2, 0) is 19.1 Å². The average molecular weight is 272 g/mol. The van der Waals surface area contributed by atoms with Gasteiger partial charge in [0, 0.05) is 12.1 Å². The van der Waals surface area contributed by atoms with Gasteiger partial charge in [0.15, 0.2) is 0 Å². The third-order valence-electron chi connectivity index (χ3n) is 3.30. The Bertz CT molecular complexity index is 320. The molecular formula is C13H24N2O4. The van der Waals surface area contributed by atoms with E-state index in [0.717, 1.165) is 6.54 Å². The van der Waals surface area contributed by atoms with E-state index in [9.17, 15) is 9.59 Å². The zero-order valence-corrected chi connectivity index (χ0v) is 12.1. The highest BCUT2D eigenvalue weighted by atomic mass is 16.5. The summed E-state index contributed by atoms with van der Waals surface area (Å²) in [6.45, 7) is 7.49. The van der Waals surface area contributed by atoms with Crippen LogP contribution in [0.3, 0.4) is 0 Å². The van der Waals surface area contributed by atoms with Crippen LogP contribution in [-0.4, -0.2) is 62.3 Å². The van der Waals surface area contributed by atoms with Crippen LogP contribution in [0.1, 0.15) is 20.8 Å². The van der Waals surface area contributed by atoms with Gasteiger partial charge in [-0.2, -0.15) is 0 Å². The molecule has 0 aromatic rings. The number of nitrogens with one attached hydrogen (secondary N) is 1. The van der Waals surface area contributed by atoms with Crippen LogP contribution in [0.5, 0.6) is 0 Å². The fraction of sp³-hybridized carbons (Fsp3) is 0.846. The second-order valence-corrected chi connectivity index (χ2v) is 4.94. The van der Waals surface area contributed by atoms with Gasteiger partial charge in [0.2, 0.25) is 5.91 Å². The highest BCUT2D eigenvalue weighted by molar-refractivity contribution is 5.84. The summed E-state index contributed by atoms with van der Waals surface area (Å²) in [5, 5.41) is 3.25. The van der Waals surface area contributed by atoms with Gasteiger partial charge < -0.3 is 19.7 Å². The number of likely N-dealkylation sites (N-methyl/N-ethyl adjacent to an activating group) is 1. The standard InChI is InChI=1S/C13H24N2O4/c1-5-14-11-8-19-7-10(11)13(17)15(9(2)3)6-12(16)18-4/h9-11,14H,5-8H2,1-4H3. The maximum absolute atomic E-state index is 12.5. The van der Waals surface area contributed by atoms with E-state index >= 15 is 0 Å². The van der Waals surface area contributed by atoms with E-state index < -0.39 is 5.97 Å². The Kier molecular flexibility index (Phi) is 6.24. The Morgan fingerprint density at radius 2 is 2.11 bits per heavy atom. The molecule has 1 aliphatic rings. The summed E-state index contributed by atoms with van der Waals surface area (Å²) >= 11 is 0. The first-order valence-electron chi connectivity index (χ1n) is 6.69. The molecule has 0 aliphatic carbocycles. The van der Waals surface area contributed by atoms with E-state index in [4.69, 9.17) is 4.74 Å². The van der Waals surface area contributed by atoms with Crippen molar-refractivity contribution in [3.63, 3.8) is 0 Å². The number of ether oxygens (including phenoxy) is 2. The van der Waals surface area contributed by atoms with Crippen molar-refractivity contribution in [2.24, 2.45) is 5.92 Å². The zero-order chi connectivity index (χ0) is 14.4. The second kappa shape index (κ2) is 7.45. The van der Waals surface area contributed by atoms with Crippen molar-refractivity contribution in [1.29, 1.82) is 0 Å². The third-order valence-corrected chi connectivity index (χ3v) is 3.30. The predicted octanol–water partition coefficient (Wildman–Crippen LogP) is 0.0209. The summed E-state index contributed by atoms with van der Waals surface area (Å²) in [6, 6.07) is -0.0223. The Balaban J connectivity index is 2.72. The van der Waals surface area contributed by atoms with E-state index in [0.29, 0.717) is 13.2 Å². The monoisotopic (exact) mass is 272 g/mol. The Hall–Kier alpha value is -1.14. The van der Waals surface area contributed by atoms with Crippen molar-refractivity contribution in [2.45, 2.75) is 32.9 Å². The van der Waals surface area contributed by atoms with Gasteiger partial charge in [-0.05, 0) is 20.4 Å². The molecule has 6 heteroatoms. The van der Waals surface area contributed by atoms with Crippen LogP contribution in [0, 0.1) is 5.92 Å². The number of carbonyl (C=O) groups is 2. The number of methoxy groups -OCH3 is 1. The van der Waals surface area contributed by atoms with Crippen molar-refractivity contribution >= 4 is 11.9 Å². The Labute approximate surface area is 114 Å². The molecule has 110 valence electrons. The molecule has 1 fully saturated rings. The zero-order valence-electron chi connectivity index (χ0n) is 12.1. The summed E-state index contributed by atoms with van der Waals surface area (Å²) in [5.41, 5.74) is 0. The van der Waals surface area contributed by atoms with E-state index in [1.165, 1.54) is 7.11 Å². The molecule has 0 radical (unpaired) electrons. The van der Waals surface area contributed by atoms with Crippen molar-refractivity contribution in [3.05, 3.63) is 0 Å². The van der Waals surface area contributed by atoms with E-state index in [2.05, 4.69) is 10.1 Å². The molecule has 19 heavy (non-hydrogen) atoms.